The maximum atomic E-state index is 5.46. The fraction of sp³-hybridized carbons (Fsp3) is 0.818. The minimum atomic E-state index is 0.306. The number of nitrogens with zero attached hydrogens (tertiary/aromatic N) is 3. The highest BCUT2D eigenvalue weighted by molar-refractivity contribution is 7.99. The Morgan fingerprint density at radius 2 is 2.41 bits per heavy atom. The van der Waals surface area contributed by atoms with Gasteiger partial charge in [-0.05, 0) is 26.4 Å². The first-order chi connectivity index (χ1) is 8.31. The molecule has 1 aliphatic rings. The summed E-state index contributed by atoms with van der Waals surface area (Å²) in [7, 11) is 2.12. The molecule has 1 atom stereocenters. The van der Waals surface area contributed by atoms with Gasteiger partial charge in [0.25, 0.3) is 0 Å². The van der Waals surface area contributed by atoms with Crippen molar-refractivity contribution in [2.24, 2.45) is 5.73 Å². The molecular weight excluding hydrogens is 236 g/mol. The van der Waals surface area contributed by atoms with Gasteiger partial charge >= 0.3 is 0 Å². The summed E-state index contributed by atoms with van der Waals surface area (Å²) in [6.07, 6.45) is 2.87. The van der Waals surface area contributed by atoms with Gasteiger partial charge in [-0.15, -0.1) is 0 Å². The van der Waals surface area contributed by atoms with Crippen molar-refractivity contribution in [1.82, 2.24) is 15.0 Å². The van der Waals surface area contributed by atoms with Gasteiger partial charge in [-0.25, -0.2) is 0 Å². The Balaban J connectivity index is 1.92. The number of thioether (sulfide) groups is 1. The number of unbranched alkanes of at least 4 members (excludes halogenated alkanes) is 1. The molecule has 2 N–H and O–H groups in total. The summed E-state index contributed by atoms with van der Waals surface area (Å²) in [6, 6.07) is 0.306. The number of nitrogens with two attached hydrogens (primary N) is 1. The Kier molecular flexibility index (Phi) is 4.82. The molecule has 6 heteroatoms. The van der Waals surface area contributed by atoms with Crippen molar-refractivity contribution < 1.29 is 4.52 Å². The molecule has 5 nitrogen and oxygen atoms in total. The third-order valence-electron chi connectivity index (χ3n) is 3.02. The topological polar surface area (TPSA) is 68.2 Å². The number of hydrogen-bond donors (Lipinski definition) is 1. The summed E-state index contributed by atoms with van der Waals surface area (Å²) in [5, 5.41) is 4.10. The molecule has 0 aromatic carbocycles. The van der Waals surface area contributed by atoms with Crippen molar-refractivity contribution in [1.29, 1.82) is 0 Å². The van der Waals surface area contributed by atoms with E-state index in [1.165, 1.54) is 5.75 Å². The fourth-order valence-corrected chi connectivity index (χ4v) is 3.09. The van der Waals surface area contributed by atoms with Gasteiger partial charge in [-0.3, -0.25) is 4.90 Å². The lowest BCUT2D eigenvalue weighted by Crippen LogP contribution is -2.33. The second-order valence-electron chi connectivity index (χ2n) is 4.36. The normalized spacial score (nSPS) is 21.9. The lowest BCUT2D eigenvalue weighted by atomic mass is 10.2. The number of aryl methyl sites for hydroxylation is 1. The minimum Gasteiger partial charge on any atom is -0.339 e. The molecule has 0 radical (unpaired) electrons. The first-order valence-corrected chi connectivity index (χ1v) is 7.27. The zero-order valence-electron chi connectivity index (χ0n) is 10.3. The fourth-order valence-electron chi connectivity index (χ4n) is 1.88. The summed E-state index contributed by atoms with van der Waals surface area (Å²) in [6.45, 7) is 1.81. The van der Waals surface area contributed by atoms with E-state index < -0.39 is 0 Å². The Labute approximate surface area is 106 Å². The maximum absolute atomic E-state index is 5.46. The van der Waals surface area contributed by atoms with Crippen LogP contribution in [0.1, 0.15) is 30.6 Å². The van der Waals surface area contributed by atoms with Crippen molar-refractivity contribution in [3.63, 3.8) is 0 Å². The first-order valence-electron chi connectivity index (χ1n) is 6.12. The third-order valence-corrected chi connectivity index (χ3v) is 4.05. The standard InChI is InChI=1S/C11H20N4OS/c1-15-6-7-17-8-9(15)11-13-10(16-14-11)4-2-3-5-12/h9H,2-8,12H2,1H3. The summed E-state index contributed by atoms with van der Waals surface area (Å²) in [5.74, 6) is 3.83. The van der Waals surface area contributed by atoms with Crippen LogP contribution in [0, 0.1) is 0 Å². The molecule has 1 fully saturated rings. The molecule has 0 amide bonds. The predicted molar refractivity (Wildman–Crippen MR) is 69.0 cm³/mol. The van der Waals surface area contributed by atoms with Gasteiger partial charge in [-0.1, -0.05) is 5.16 Å². The van der Waals surface area contributed by atoms with Crippen LogP contribution in [0.25, 0.3) is 0 Å². The average molecular weight is 256 g/mol. The predicted octanol–water partition coefficient (Wildman–Crippen LogP) is 1.07. The van der Waals surface area contributed by atoms with Gasteiger partial charge in [0.1, 0.15) is 0 Å². The molecule has 0 saturated carbocycles. The molecule has 1 saturated heterocycles. The van der Waals surface area contributed by atoms with Gasteiger partial charge in [0.15, 0.2) is 5.82 Å². The van der Waals surface area contributed by atoms with E-state index in [9.17, 15) is 0 Å². The molecule has 1 unspecified atom stereocenters. The van der Waals surface area contributed by atoms with Gasteiger partial charge in [-0.2, -0.15) is 16.7 Å². The number of rotatable bonds is 5. The summed E-state index contributed by atoms with van der Waals surface area (Å²) < 4.78 is 5.27. The van der Waals surface area contributed by atoms with E-state index in [4.69, 9.17) is 10.3 Å². The van der Waals surface area contributed by atoms with Crippen molar-refractivity contribution in [3.8, 4) is 0 Å². The Bertz CT molecular complexity index is 344. The van der Waals surface area contributed by atoms with Crippen molar-refractivity contribution >= 4 is 11.8 Å². The van der Waals surface area contributed by atoms with Crippen LogP contribution in [0.2, 0.25) is 0 Å². The lowest BCUT2D eigenvalue weighted by molar-refractivity contribution is 0.256. The van der Waals surface area contributed by atoms with Crippen LogP contribution >= 0.6 is 11.8 Å². The van der Waals surface area contributed by atoms with E-state index in [0.717, 1.165) is 49.8 Å². The van der Waals surface area contributed by atoms with Crippen LogP contribution in [0.3, 0.4) is 0 Å². The lowest BCUT2D eigenvalue weighted by Gasteiger charge is -2.29. The third kappa shape index (κ3) is 3.43. The number of aromatic nitrogens is 2. The molecule has 2 heterocycles. The summed E-state index contributed by atoms with van der Waals surface area (Å²) in [4.78, 5) is 6.78. The quantitative estimate of drug-likeness (QED) is 0.795. The largest absolute Gasteiger partial charge is 0.339 e. The van der Waals surface area contributed by atoms with Crippen LogP contribution in [0.15, 0.2) is 4.52 Å². The highest BCUT2D eigenvalue weighted by Crippen LogP contribution is 2.26. The molecular formula is C11H20N4OS. The molecule has 0 bridgehead atoms. The van der Waals surface area contributed by atoms with Crippen molar-refractivity contribution in [2.75, 3.05) is 31.6 Å². The van der Waals surface area contributed by atoms with E-state index in [0.29, 0.717) is 6.04 Å². The molecule has 2 rings (SSSR count). The molecule has 1 aromatic rings. The van der Waals surface area contributed by atoms with Gasteiger partial charge < -0.3 is 10.3 Å². The SMILES string of the molecule is CN1CCSCC1c1noc(CCCCN)n1. The zero-order valence-corrected chi connectivity index (χ0v) is 11.1. The molecule has 1 aromatic heterocycles. The van der Waals surface area contributed by atoms with Crippen molar-refractivity contribution in [3.05, 3.63) is 11.7 Å². The van der Waals surface area contributed by atoms with Gasteiger partial charge in [0.05, 0.1) is 6.04 Å². The van der Waals surface area contributed by atoms with Gasteiger partial charge in [0, 0.05) is 24.5 Å². The molecule has 0 spiro atoms. The van der Waals surface area contributed by atoms with Crippen molar-refractivity contribution in [2.45, 2.75) is 25.3 Å². The highest BCUT2D eigenvalue weighted by Gasteiger charge is 2.25. The first kappa shape index (κ1) is 12.9. The Morgan fingerprint density at radius 3 is 3.18 bits per heavy atom. The molecule has 1 aliphatic heterocycles. The summed E-state index contributed by atoms with van der Waals surface area (Å²) >= 11 is 1.95. The Hall–Kier alpha value is -0.590. The van der Waals surface area contributed by atoms with Crippen LogP contribution in [0.5, 0.6) is 0 Å². The van der Waals surface area contributed by atoms with E-state index in [2.05, 4.69) is 22.1 Å². The van der Waals surface area contributed by atoms with Gasteiger partial charge in [0.2, 0.25) is 5.89 Å². The van der Waals surface area contributed by atoms with Crippen LogP contribution in [-0.4, -0.2) is 46.7 Å². The van der Waals surface area contributed by atoms with E-state index in [-0.39, 0.29) is 0 Å². The Morgan fingerprint density at radius 1 is 1.53 bits per heavy atom. The van der Waals surface area contributed by atoms with E-state index in [1.54, 1.807) is 0 Å². The highest BCUT2D eigenvalue weighted by atomic mass is 32.2. The second-order valence-corrected chi connectivity index (χ2v) is 5.51. The maximum Gasteiger partial charge on any atom is 0.226 e. The molecule has 0 aliphatic carbocycles. The van der Waals surface area contributed by atoms with Crippen LogP contribution < -0.4 is 5.73 Å². The number of hydrogen-bond acceptors (Lipinski definition) is 6. The smallest absolute Gasteiger partial charge is 0.226 e. The van der Waals surface area contributed by atoms with Crippen LogP contribution in [0.4, 0.5) is 0 Å². The van der Waals surface area contributed by atoms with E-state index in [1.807, 2.05) is 11.8 Å². The van der Waals surface area contributed by atoms with Crippen LogP contribution in [-0.2, 0) is 6.42 Å². The second kappa shape index (κ2) is 6.37. The monoisotopic (exact) mass is 256 g/mol. The molecule has 96 valence electrons. The average Bonchev–Trinajstić information content (AvgIpc) is 2.79. The summed E-state index contributed by atoms with van der Waals surface area (Å²) in [5.41, 5.74) is 5.46. The zero-order chi connectivity index (χ0) is 12.1. The minimum absolute atomic E-state index is 0.306. The van der Waals surface area contributed by atoms with E-state index >= 15 is 0 Å². The molecule has 17 heavy (non-hydrogen) atoms.